The number of carbonyl (C=O) groups excluding carboxylic acids is 2. The van der Waals surface area contributed by atoms with E-state index in [9.17, 15) is 9.59 Å². The molecule has 1 heterocycles. The standard InChI is InChI=1S/C16H21NO3/c1-16(2,3)12-7-5-10(9-13(12)20-4)11-6-8-14(18)17-15(11)19/h5,7,9,11H,6,8H2,1-4H3,(H,17,18,19). The Kier molecular flexibility index (Phi) is 3.84. The summed E-state index contributed by atoms with van der Waals surface area (Å²) in [6.07, 6.45) is 0.947. The summed E-state index contributed by atoms with van der Waals surface area (Å²) >= 11 is 0. The van der Waals surface area contributed by atoms with Crippen LogP contribution in [0.2, 0.25) is 0 Å². The molecule has 1 aromatic carbocycles. The topological polar surface area (TPSA) is 55.4 Å². The molecule has 0 saturated carbocycles. The Morgan fingerprint density at radius 1 is 1.25 bits per heavy atom. The van der Waals surface area contributed by atoms with Crippen LogP contribution >= 0.6 is 0 Å². The predicted molar refractivity (Wildman–Crippen MR) is 76.8 cm³/mol. The van der Waals surface area contributed by atoms with Crippen LogP contribution in [0.1, 0.15) is 50.7 Å². The van der Waals surface area contributed by atoms with Crippen LogP contribution in [0.15, 0.2) is 18.2 Å². The van der Waals surface area contributed by atoms with Crippen LogP contribution in [-0.4, -0.2) is 18.9 Å². The van der Waals surface area contributed by atoms with E-state index in [-0.39, 0.29) is 23.1 Å². The fraction of sp³-hybridized carbons (Fsp3) is 0.500. The van der Waals surface area contributed by atoms with Gasteiger partial charge in [-0.15, -0.1) is 0 Å². The van der Waals surface area contributed by atoms with Gasteiger partial charge < -0.3 is 4.74 Å². The van der Waals surface area contributed by atoms with Crippen LogP contribution in [0.4, 0.5) is 0 Å². The lowest BCUT2D eigenvalue weighted by molar-refractivity contribution is -0.134. The molecule has 1 aliphatic heterocycles. The van der Waals surface area contributed by atoms with Gasteiger partial charge in [-0.05, 0) is 29.0 Å². The molecule has 2 amide bonds. The molecule has 1 unspecified atom stereocenters. The first-order valence-corrected chi connectivity index (χ1v) is 6.85. The van der Waals surface area contributed by atoms with Gasteiger partial charge >= 0.3 is 0 Å². The molecule has 0 radical (unpaired) electrons. The van der Waals surface area contributed by atoms with Crippen LogP contribution in [0.5, 0.6) is 5.75 Å². The number of hydrogen-bond donors (Lipinski definition) is 1. The van der Waals surface area contributed by atoms with Gasteiger partial charge in [0.05, 0.1) is 13.0 Å². The molecule has 1 aromatic rings. The molecule has 4 nitrogen and oxygen atoms in total. The second-order valence-corrected chi connectivity index (χ2v) is 6.21. The maximum absolute atomic E-state index is 11.9. The molecule has 0 aliphatic carbocycles. The average Bonchev–Trinajstić information content (AvgIpc) is 2.37. The first-order valence-electron chi connectivity index (χ1n) is 6.85. The van der Waals surface area contributed by atoms with Gasteiger partial charge in [-0.2, -0.15) is 0 Å². The molecular weight excluding hydrogens is 254 g/mol. The maximum Gasteiger partial charge on any atom is 0.234 e. The van der Waals surface area contributed by atoms with Gasteiger partial charge in [-0.25, -0.2) is 0 Å². The van der Waals surface area contributed by atoms with Crippen molar-refractivity contribution in [1.29, 1.82) is 0 Å². The van der Waals surface area contributed by atoms with Gasteiger partial charge in [0, 0.05) is 6.42 Å². The molecular formula is C16H21NO3. The number of piperidine rings is 1. The molecule has 2 rings (SSSR count). The van der Waals surface area contributed by atoms with Gasteiger partial charge in [-0.3, -0.25) is 14.9 Å². The van der Waals surface area contributed by atoms with Crippen LogP contribution in [0.25, 0.3) is 0 Å². The van der Waals surface area contributed by atoms with Gasteiger partial charge in [-0.1, -0.05) is 32.9 Å². The van der Waals surface area contributed by atoms with Crippen molar-refractivity contribution in [3.05, 3.63) is 29.3 Å². The molecule has 1 atom stereocenters. The smallest absolute Gasteiger partial charge is 0.234 e. The first kappa shape index (κ1) is 14.6. The van der Waals surface area contributed by atoms with E-state index in [1.165, 1.54) is 0 Å². The van der Waals surface area contributed by atoms with Crippen molar-refractivity contribution in [2.24, 2.45) is 0 Å². The molecule has 4 heteroatoms. The summed E-state index contributed by atoms with van der Waals surface area (Å²) in [5.74, 6) is 0.117. The summed E-state index contributed by atoms with van der Waals surface area (Å²) in [4.78, 5) is 23.1. The van der Waals surface area contributed by atoms with Crippen molar-refractivity contribution in [3.8, 4) is 5.75 Å². The first-order chi connectivity index (χ1) is 9.32. The number of rotatable bonds is 2. The summed E-state index contributed by atoms with van der Waals surface area (Å²) < 4.78 is 5.46. The summed E-state index contributed by atoms with van der Waals surface area (Å²) in [6.45, 7) is 6.36. The minimum Gasteiger partial charge on any atom is -0.496 e. The van der Waals surface area contributed by atoms with Gasteiger partial charge in [0.25, 0.3) is 0 Å². The Bertz CT molecular complexity index is 543. The molecule has 108 valence electrons. The van der Waals surface area contributed by atoms with Crippen molar-refractivity contribution < 1.29 is 14.3 Å². The van der Waals surface area contributed by atoms with E-state index in [4.69, 9.17) is 4.74 Å². The molecule has 1 fully saturated rings. The molecule has 20 heavy (non-hydrogen) atoms. The highest BCUT2D eigenvalue weighted by molar-refractivity contribution is 6.00. The zero-order valence-electron chi connectivity index (χ0n) is 12.4. The minimum atomic E-state index is -0.268. The van der Waals surface area contributed by atoms with Gasteiger partial charge in [0.15, 0.2) is 0 Å². The number of nitrogens with one attached hydrogen (secondary N) is 1. The van der Waals surface area contributed by atoms with Crippen molar-refractivity contribution >= 4 is 11.8 Å². The lowest BCUT2D eigenvalue weighted by atomic mass is 9.83. The minimum absolute atomic E-state index is 0.0192. The Labute approximate surface area is 119 Å². The van der Waals surface area contributed by atoms with Gasteiger partial charge in [0.1, 0.15) is 5.75 Å². The number of imide groups is 1. The zero-order chi connectivity index (χ0) is 14.9. The van der Waals surface area contributed by atoms with E-state index < -0.39 is 0 Å². The number of carbonyl (C=O) groups is 2. The lowest BCUT2D eigenvalue weighted by Crippen LogP contribution is -2.39. The molecule has 1 aliphatic rings. The van der Waals surface area contributed by atoms with Gasteiger partial charge in [0.2, 0.25) is 11.8 Å². The molecule has 0 aromatic heterocycles. The molecule has 0 bridgehead atoms. The zero-order valence-corrected chi connectivity index (χ0v) is 12.4. The highest BCUT2D eigenvalue weighted by Gasteiger charge is 2.29. The van der Waals surface area contributed by atoms with Crippen LogP contribution < -0.4 is 10.1 Å². The number of benzene rings is 1. The third-order valence-electron chi connectivity index (χ3n) is 3.68. The van der Waals surface area contributed by atoms with Crippen LogP contribution in [-0.2, 0) is 15.0 Å². The van der Waals surface area contributed by atoms with Crippen molar-refractivity contribution in [1.82, 2.24) is 5.32 Å². The largest absolute Gasteiger partial charge is 0.496 e. The van der Waals surface area contributed by atoms with E-state index >= 15 is 0 Å². The van der Waals surface area contributed by atoms with E-state index in [0.717, 1.165) is 16.9 Å². The van der Waals surface area contributed by atoms with Crippen LogP contribution in [0, 0.1) is 0 Å². The van der Waals surface area contributed by atoms with E-state index in [1.54, 1.807) is 7.11 Å². The summed E-state index contributed by atoms with van der Waals surface area (Å²) in [6, 6.07) is 5.89. The SMILES string of the molecule is COc1cc(C2CCC(=O)NC2=O)ccc1C(C)(C)C. The van der Waals surface area contributed by atoms with E-state index in [1.807, 2.05) is 18.2 Å². The van der Waals surface area contributed by atoms with Crippen molar-refractivity contribution in [2.45, 2.75) is 44.9 Å². The lowest BCUT2D eigenvalue weighted by Gasteiger charge is -2.25. The van der Waals surface area contributed by atoms with E-state index in [2.05, 4.69) is 26.1 Å². The van der Waals surface area contributed by atoms with Crippen molar-refractivity contribution in [3.63, 3.8) is 0 Å². The molecule has 0 spiro atoms. The third kappa shape index (κ3) is 2.84. The number of ether oxygens (including phenoxy) is 1. The highest BCUT2D eigenvalue weighted by atomic mass is 16.5. The summed E-state index contributed by atoms with van der Waals surface area (Å²) in [5.41, 5.74) is 1.99. The second kappa shape index (κ2) is 5.27. The monoisotopic (exact) mass is 275 g/mol. The fourth-order valence-corrected chi connectivity index (χ4v) is 2.56. The fourth-order valence-electron chi connectivity index (χ4n) is 2.56. The number of amides is 2. The second-order valence-electron chi connectivity index (χ2n) is 6.21. The Hall–Kier alpha value is -1.84. The number of hydrogen-bond acceptors (Lipinski definition) is 3. The molecule has 1 saturated heterocycles. The van der Waals surface area contributed by atoms with Crippen molar-refractivity contribution in [2.75, 3.05) is 7.11 Å². The summed E-state index contributed by atoms with van der Waals surface area (Å²) in [7, 11) is 1.64. The average molecular weight is 275 g/mol. The quantitative estimate of drug-likeness (QED) is 0.844. The van der Waals surface area contributed by atoms with E-state index in [0.29, 0.717) is 12.8 Å². The Morgan fingerprint density at radius 3 is 2.50 bits per heavy atom. The third-order valence-corrected chi connectivity index (χ3v) is 3.68. The maximum atomic E-state index is 11.9. The summed E-state index contributed by atoms with van der Waals surface area (Å²) in [5, 5.41) is 2.39. The normalized spacial score (nSPS) is 19.7. The predicted octanol–water partition coefficient (Wildman–Crippen LogP) is 2.51. The Balaban J connectivity index is 2.35. The highest BCUT2D eigenvalue weighted by Crippen LogP contribution is 2.35. The molecule has 1 N–H and O–H groups in total. The number of methoxy groups -OCH3 is 1. The van der Waals surface area contributed by atoms with Crippen LogP contribution in [0.3, 0.4) is 0 Å². The Morgan fingerprint density at radius 2 is 1.95 bits per heavy atom.